The molecule has 0 aliphatic carbocycles. The van der Waals surface area contributed by atoms with E-state index < -0.39 is 0 Å². The Morgan fingerprint density at radius 2 is 1.88 bits per heavy atom. The van der Waals surface area contributed by atoms with Crippen molar-refractivity contribution in [2.75, 3.05) is 5.73 Å². The van der Waals surface area contributed by atoms with E-state index in [1.807, 2.05) is 6.92 Å². The molecule has 84 valence electrons. The monoisotopic (exact) mass is 214 g/mol. The first-order valence-electron chi connectivity index (χ1n) is 5.56. The number of aryl methyl sites for hydroxylation is 1. The molecule has 1 aromatic heterocycles. The second kappa shape index (κ2) is 3.48. The number of anilines is 1. The molecule has 2 nitrogen and oxygen atoms in total. The van der Waals surface area contributed by atoms with Gasteiger partial charge in [-0.1, -0.05) is 39.0 Å². The highest BCUT2D eigenvalue weighted by Crippen LogP contribution is 2.30. The van der Waals surface area contributed by atoms with Gasteiger partial charge in [-0.2, -0.15) is 0 Å². The van der Waals surface area contributed by atoms with Crippen molar-refractivity contribution in [2.24, 2.45) is 0 Å². The average molecular weight is 214 g/mol. The highest BCUT2D eigenvalue weighted by atomic mass is 14.8. The van der Waals surface area contributed by atoms with Crippen molar-refractivity contribution in [2.45, 2.75) is 33.1 Å². The highest BCUT2D eigenvalue weighted by molar-refractivity contribution is 5.85. The van der Waals surface area contributed by atoms with Gasteiger partial charge in [0.05, 0.1) is 5.52 Å². The van der Waals surface area contributed by atoms with Crippen molar-refractivity contribution in [1.82, 2.24) is 4.98 Å². The molecule has 0 aliphatic heterocycles. The molecular weight excluding hydrogens is 196 g/mol. The largest absolute Gasteiger partial charge is 0.383 e. The number of rotatable bonds is 0. The van der Waals surface area contributed by atoms with Crippen molar-refractivity contribution in [3.8, 4) is 0 Å². The molecule has 1 heterocycles. The maximum absolute atomic E-state index is 5.89. The number of hydrogen-bond donors (Lipinski definition) is 1. The first-order chi connectivity index (χ1) is 7.39. The minimum absolute atomic E-state index is 0.0915. The predicted molar refractivity (Wildman–Crippen MR) is 69.6 cm³/mol. The first-order valence-corrected chi connectivity index (χ1v) is 5.56. The summed E-state index contributed by atoms with van der Waals surface area (Å²) < 4.78 is 0. The van der Waals surface area contributed by atoms with Crippen LogP contribution in [0.25, 0.3) is 10.9 Å². The molecule has 0 unspecified atom stereocenters. The molecule has 0 radical (unpaired) electrons. The molecule has 1 aromatic carbocycles. The van der Waals surface area contributed by atoms with E-state index in [-0.39, 0.29) is 5.41 Å². The third-order valence-electron chi connectivity index (χ3n) is 2.88. The van der Waals surface area contributed by atoms with Crippen LogP contribution in [0.3, 0.4) is 0 Å². The molecule has 2 heteroatoms. The third-order valence-corrected chi connectivity index (χ3v) is 2.88. The van der Waals surface area contributed by atoms with Gasteiger partial charge < -0.3 is 5.73 Å². The summed E-state index contributed by atoms with van der Waals surface area (Å²) in [5.41, 5.74) is 9.29. The van der Waals surface area contributed by atoms with E-state index in [1.165, 1.54) is 10.9 Å². The third kappa shape index (κ3) is 1.75. The number of aromatic nitrogens is 1. The standard InChI is InChI=1S/C14H18N2/c1-9-8-10-6-5-7-11(14(2,3)4)12(10)16-13(9)15/h5-8H,1-4H3,(H2,15,16). The van der Waals surface area contributed by atoms with Gasteiger partial charge in [-0.15, -0.1) is 0 Å². The summed E-state index contributed by atoms with van der Waals surface area (Å²) in [6.07, 6.45) is 0. The van der Waals surface area contributed by atoms with Crippen LogP contribution in [0.4, 0.5) is 5.82 Å². The minimum atomic E-state index is 0.0915. The second-order valence-electron chi connectivity index (χ2n) is 5.32. The fourth-order valence-electron chi connectivity index (χ4n) is 1.92. The number of nitrogen functional groups attached to an aromatic ring is 1. The Kier molecular flexibility index (Phi) is 2.38. The number of nitrogens with two attached hydrogens (primary N) is 1. The molecule has 0 aliphatic rings. The van der Waals surface area contributed by atoms with Gasteiger partial charge in [0.15, 0.2) is 0 Å². The van der Waals surface area contributed by atoms with Crippen molar-refractivity contribution >= 4 is 16.7 Å². The van der Waals surface area contributed by atoms with Gasteiger partial charge in [-0.05, 0) is 29.5 Å². The molecule has 0 fully saturated rings. The van der Waals surface area contributed by atoms with Gasteiger partial charge in [-0.3, -0.25) is 0 Å². The summed E-state index contributed by atoms with van der Waals surface area (Å²) in [7, 11) is 0. The zero-order chi connectivity index (χ0) is 11.9. The summed E-state index contributed by atoms with van der Waals surface area (Å²) in [5, 5.41) is 1.17. The maximum Gasteiger partial charge on any atom is 0.127 e. The van der Waals surface area contributed by atoms with Crippen molar-refractivity contribution in [1.29, 1.82) is 0 Å². The van der Waals surface area contributed by atoms with Gasteiger partial charge in [0.25, 0.3) is 0 Å². The van der Waals surface area contributed by atoms with E-state index >= 15 is 0 Å². The van der Waals surface area contributed by atoms with Crippen LogP contribution in [-0.2, 0) is 5.41 Å². The number of hydrogen-bond acceptors (Lipinski definition) is 2. The SMILES string of the molecule is Cc1cc2cccc(C(C)(C)C)c2nc1N. The number of benzene rings is 1. The molecule has 0 saturated heterocycles. The molecule has 0 spiro atoms. The Bertz CT molecular complexity index is 536. The van der Waals surface area contributed by atoms with Crippen LogP contribution >= 0.6 is 0 Å². The Morgan fingerprint density at radius 3 is 2.50 bits per heavy atom. The molecule has 2 N–H and O–H groups in total. The lowest BCUT2D eigenvalue weighted by Crippen LogP contribution is -2.12. The van der Waals surface area contributed by atoms with Crippen molar-refractivity contribution in [3.05, 3.63) is 35.4 Å². The Morgan fingerprint density at radius 1 is 1.19 bits per heavy atom. The van der Waals surface area contributed by atoms with E-state index in [4.69, 9.17) is 5.73 Å². The molecular formula is C14H18N2. The molecule has 0 bridgehead atoms. The zero-order valence-corrected chi connectivity index (χ0v) is 10.3. The first kappa shape index (κ1) is 10.9. The number of pyridine rings is 1. The lowest BCUT2D eigenvalue weighted by Gasteiger charge is -2.21. The molecule has 16 heavy (non-hydrogen) atoms. The van der Waals surface area contributed by atoms with Crippen LogP contribution < -0.4 is 5.73 Å². The summed E-state index contributed by atoms with van der Waals surface area (Å²) >= 11 is 0. The molecule has 0 saturated carbocycles. The second-order valence-corrected chi connectivity index (χ2v) is 5.32. The summed E-state index contributed by atoms with van der Waals surface area (Å²) in [5.74, 6) is 0.629. The van der Waals surface area contributed by atoms with Gasteiger partial charge in [-0.25, -0.2) is 4.98 Å². The molecule has 0 amide bonds. The molecule has 2 rings (SSSR count). The fourth-order valence-corrected chi connectivity index (χ4v) is 1.92. The topological polar surface area (TPSA) is 38.9 Å². The van der Waals surface area contributed by atoms with Gasteiger partial charge in [0, 0.05) is 5.39 Å². The van der Waals surface area contributed by atoms with Crippen LogP contribution in [0, 0.1) is 6.92 Å². The van der Waals surface area contributed by atoms with Gasteiger partial charge >= 0.3 is 0 Å². The van der Waals surface area contributed by atoms with Crippen molar-refractivity contribution in [3.63, 3.8) is 0 Å². The van der Waals surface area contributed by atoms with E-state index in [2.05, 4.69) is 50.0 Å². The lowest BCUT2D eigenvalue weighted by molar-refractivity contribution is 0.594. The van der Waals surface area contributed by atoms with Crippen LogP contribution in [0.5, 0.6) is 0 Å². The summed E-state index contributed by atoms with van der Waals surface area (Å²) in [6.45, 7) is 8.57. The predicted octanol–water partition coefficient (Wildman–Crippen LogP) is 3.42. The smallest absolute Gasteiger partial charge is 0.127 e. The van der Waals surface area contributed by atoms with E-state index in [9.17, 15) is 0 Å². The van der Waals surface area contributed by atoms with Gasteiger partial charge in [0.1, 0.15) is 5.82 Å². The van der Waals surface area contributed by atoms with Gasteiger partial charge in [0.2, 0.25) is 0 Å². The number of nitrogens with zero attached hydrogens (tertiary/aromatic N) is 1. The molecule has 2 aromatic rings. The van der Waals surface area contributed by atoms with Crippen molar-refractivity contribution < 1.29 is 0 Å². The normalized spacial score (nSPS) is 12.0. The van der Waals surface area contributed by atoms with E-state index in [0.29, 0.717) is 5.82 Å². The van der Waals surface area contributed by atoms with E-state index in [0.717, 1.165) is 11.1 Å². The lowest BCUT2D eigenvalue weighted by atomic mass is 9.85. The zero-order valence-electron chi connectivity index (χ0n) is 10.3. The van der Waals surface area contributed by atoms with Crippen LogP contribution in [-0.4, -0.2) is 4.98 Å². The summed E-state index contributed by atoms with van der Waals surface area (Å²) in [4.78, 5) is 4.52. The fraction of sp³-hybridized carbons (Fsp3) is 0.357. The summed E-state index contributed by atoms with van der Waals surface area (Å²) in [6, 6.07) is 8.40. The highest BCUT2D eigenvalue weighted by Gasteiger charge is 2.17. The Labute approximate surface area is 96.5 Å². The van der Waals surface area contributed by atoms with E-state index in [1.54, 1.807) is 0 Å². The maximum atomic E-state index is 5.89. The number of fused-ring (bicyclic) bond motifs is 1. The Hall–Kier alpha value is -1.57. The Balaban J connectivity index is 2.82. The molecule has 0 atom stereocenters. The quantitative estimate of drug-likeness (QED) is 0.729. The van der Waals surface area contributed by atoms with Crippen LogP contribution in [0.2, 0.25) is 0 Å². The minimum Gasteiger partial charge on any atom is -0.383 e. The average Bonchev–Trinajstić information content (AvgIpc) is 2.17. The number of para-hydroxylation sites is 1. The van der Waals surface area contributed by atoms with Crippen LogP contribution in [0.15, 0.2) is 24.3 Å². The van der Waals surface area contributed by atoms with Crippen LogP contribution in [0.1, 0.15) is 31.9 Å².